The zero-order valence-electron chi connectivity index (χ0n) is 12.7. The van der Waals surface area contributed by atoms with Gasteiger partial charge in [-0.25, -0.2) is 0 Å². The number of cyclic esters (lactones) is 1. The fraction of sp³-hybridized carbons (Fsp3) is 0.250. The van der Waals surface area contributed by atoms with E-state index in [1.54, 1.807) is 0 Å². The molecule has 1 heterocycles. The normalized spacial score (nSPS) is 22.2. The Kier molecular flexibility index (Phi) is 3.50. The lowest BCUT2D eigenvalue weighted by molar-refractivity contribution is -0.156. The van der Waals surface area contributed by atoms with Crippen LogP contribution >= 0.6 is 11.6 Å². The summed E-state index contributed by atoms with van der Waals surface area (Å²) in [5, 5.41) is 0.710. The summed E-state index contributed by atoms with van der Waals surface area (Å²) in [6.45, 7) is 0. The number of hydrogen-bond acceptors (Lipinski definition) is 2. The standard InChI is InChI=1S/C20H17ClO2/c21-16-9-7-14(8-10-16)17-13-18(15-5-2-1-3-6-15)23-19(22)20(17)11-4-12-20/h1-3,5-10,13,17H,4,11-12H2. The minimum absolute atomic E-state index is 0.0463. The Bertz CT molecular complexity index is 758. The second-order valence-electron chi connectivity index (χ2n) is 6.33. The van der Waals surface area contributed by atoms with E-state index in [1.807, 2.05) is 54.6 Å². The molecule has 1 spiro atoms. The Balaban J connectivity index is 1.80. The SMILES string of the molecule is O=C1OC(c2ccccc2)=CC(c2ccc(Cl)cc2)C12CCC2. The molecule has 4 rings (SSSR count). The highest BCUT2D eigenvalue weighted by atomic mass is 35.5. The van der Waals surface area contributed by atoms with Gasteiger partial charge in [0.1, 0.15) is 5.76 Å². The number of esters is 1. The summed E-state index contributed by atoms with van der Waals surface area (Å²) < 4.78 is 5.70. The second kappa shape index (κ2) is 5.54. The summed E-state index contributed by atoms with van der Waals surface area (Å²) in [5.74, 6) is 0.614. The molecule has 1 unspecified atom stereocenters. The summed E-state index contributed by atoms with van der Waals surface area (Å²) in [6.07, 6.45) is 4.96. The van der Waals surface area contributed by atoms with Crippen LogP contribution in [-0.4, -0.2) is 5.97 Å². The molecule has 0 bridgehead atoms. The predicted octanol–water partition coefficient (Wildman–Crippen LogP) is 5.19. The zero-order chi connectivity index (χ0) is 15.9. The predicted molar refractivity (Wildman–Crippen MR) is 91.0 cm³/mol. The molecule has 0 amide bonds. The van der Waals surface area contributed by atoms with Gasteiger partial charge in [-0.05, 0) is 36.6 Å². The maximum Gasteiger partial charge on any atom is 0.318 e. The van der Waals surface area contributed by atoms with E-state index in [9.17, 15) is 4.79 Å². The number of ether oxygens (including phenoxy) is 1. The van der Waals surface area contributed by atoms with Crippen LogP contribution in [0.5, 0.6) is 0 Å². The molecule has 0 radical (unpaired) electrons. The van der Waals surface area contributed by atoms with E-state index in [4.69, 9.17) is 16.3 Å². The van der Waals surface area contributed by atoms with E-state index in [2.05, 4.69) is 6.08 Å². The first-order valence-electron chi connectivity index (χ1n) is 7.94. The van der Waals surface area contributed by atoms with Crippen LogP contribution in [0, 0.1) is 5.41 Å². The Morgan fingerprint density at radius 1 is 1.00 bits per heavy atom. The first-order chi connectivity index (χ1) is 11.2. The van der Waals surface area contributed by atoms with Gasteiger partial charge in [0.25, 0.3) is 0 Å². The zero-order valence-corrected chi connectivity index (χ0v) is 13.4. The van der Waals surface area contributed by atoms with Crippen LogP contribution in [0.15, 0.2) is 60.7 Å². The average Bonchev–Trinajstić information content (AvgIpc) is 2.54. The molecule has 2 nitrogen and oxygen atoms in total. The van der Waals surface area contributed by atoms with Crippen molar-refractivity contribution in [3.63, 3.8) is 0 Å². The van der Waals surface area contributed by atoms with Gasteiger partial charge >= 0.3 is 5.97 Å². The Hall–Kier alpha value is -2.06. The van der Waals surface area contributed by atoms with Crippen molar-refractivity contribution >= 4 is 23.3 Å². The molecule has 0 saturated heterocycles. The highest BCUT2D eigenvalue weighted by Gasteiger charge is 2.53. The number of halogens is 1. The largest absolute Gasteiger partial charge is 0.426 e. The van der Waals surface area contributed by atoms with Crippen LogP contribution in [0.4, 0.5) is 0 Å². The molecule has 0 N–H and O–H groups in total. The van der Waals surface area contributed by atoms with E-state index >= 15 is 0 Å². The minimum Gasteiger partial charge on any atom is -0.426 e. The maximum atomic E-state index is 12.7. The smallest absolute Gasteiger partial charge is 0.318 e. The third-order valence-electron chi connectivity index (χ3n) is 5.06. The minimum atomic E-state index is -0.397. The molecule has 0 aromatic heterocycles. The summed E-state index contributed by atoms with van der Waals surface area (Å²) >= 11 is 6.02. The molecule has 23 heavy (non-hydrogen) atoms. The molecule has 1 atom stereocenters. The van der Waals surface area contributed by atoms with E-state index in [0.717, 1.165) is 30.4 Å². The molecule has 1 aliphatic carbocycles. The van der Waals surface area contributed by atoms with Crippen LogP contribution in [0.25, 0.3) is 5.76 Å². The van der Waals surface area contributed by atoms with Crippen molar-refractivity contribution in [2.45, 2.75) is 25.2 Å². The highest BCUT2D eigenvalue weighted by Crippen LogP contribution is 2.56. The number of carbonyl (C=O) groups is 1. The average molecular weight is 325 g/mol. The van der Waals surface area contributed by atoms with Gasteiger partial charge in [-0.2, -0.15) is 0 Å². The number of rotatable bonds is 2. The van der Waals surface area contributed by atoms with Gasteiger partial charge in [0, 0.05) is 16.5 Å². The molecular formula is C20H17ClO2. The highest BCUT2D eigenvalue weighted by molar-refractivity contribution is 6.30. The van der Waals surface area contributed by atoms with E-state index in [1.165, 1.54) is 0 Å². The van der Waals surface area contributed by atoms with Crippen LogP contribution in [0.2, 0.25) is 5.02 Å². The number of hydrogen-bond donors (Lipinski definition) is 0. The number of benzene rings is 2. The van der Waals surface area contributed by atoms with Crippen molar-refractivity contribution in [3.8, 4) is 0 Å². The van der Waals surface area contributed by atoms with Crippen molar-refractivity contribution in [2.24, 2.45) is 5.41 Å². The fourth-order valence-electron chi connectivity index (χ4n) is 3.59. The maximum absolute atomic E-state index is 12.7. The topological polar surface area (TPSA) is 26.3 Å². The third-order valence-corrected chi connectivity index (χ3v) is 5.31. The number of carbonyl (C=O) groups excluding carboxylic acids is 1. The Morgan fingerprint density at radius 3 is 2.30 bits per heavy atom. The lowest BCUT2D eigenvalue weighted by Crippen LogP contribution is -2.46. The first kappa shape index (κ1) is 14.5. The fourth-order valence-corrected chi connectivity index (χ4v) is 3.72. The van der Waals surface area contributed by atoms with Gasteiger partial charge in [-0.3, -0.25) is 4.79 Å². The molecule has 2 aromatic rings. The van der Waals surface area contributed by atoms with Gasteiger partial charge in [0.2, 0.25) is 0 Å². The lowest BCUT2D eigenvalue weighted by atomic mass is 9.58. The summed E-state index contributed by atoms with van der Waals surface area (Å²) in [6, 6.07) is 17.6. The van der Waals surface area contributed by atoms with Gasteiger partial charge in [0.15, 0.2) is 0 Å². The molecule has 3 heteroatoms. The summed E-state index contributed by atoms with van der Waals surface area (Å²) in [4.78, 5) is 12.7. The van der Waals surface area contributed by atoms with Gasteiger partial charge < -0.3 is 4.74 Å². The molecular weight excluding hydrogens is 308 g/mol. The summed E-state index contributed by atoms with van der Waals surface area (Å²) in [7, 11) is 0. The van der Waals surface area contributed by atoms with E-state index < -0.39 is 5.41 Å². The monoisotopic (exact) mass is 324 g/mol. The van der Waals surface area contributed by atoms with Crippen molar-refractivity contribution < 1.29 is 9.53 Å². The molecule has 2 aromatic carbocycles. The lowest BCUT2D eigenvalue weighted by Gasteiger charge is -2.47. The molecule has 1 saturated carbocycles. The van der Waals surface area contributed by atoms with Gasteiger partial charge in [-0.1, -0.05) is 60.5 Å². The van der Waals surface area contributed by atoms with Gasteiger partial charge in [-0.15, -0.1) is 0 Å². The van der Waals surface area contributed by atoms with Crippen LogP contribution < -0.4 is 0 Å². The Labute approximate surface area is 140 Å². The van der Waals surface area contributed by atoms with E-state index in [0.29, 0.717) is 10.8 Å². The van der Waals surface area contributed by atoms with Crippen molar-refractivity contribution in [3.05, 3.63) is 76.8 Å². The van der Waals surface area contributed by atoms with Crippen molar-refractivity contribution in [1.82, 2.24) is 0 Å². The van der Waals surface area contributed by atoms with Crippen molar-refractivity contribution in [2.75, 3.05) is 0 Å². The molecule has 116 valence electrons. The van der Waals surface area contributed by atoms with Crippen LogP contribution in [-0.2, 0) is 9.53 Å². The van der Waals surface area contributed by atoms with E-state index in [-0.39, 0.29) is 11.9 Å². The first-order valence-corrected chi connectivity index (χ1v) is 8.32. The van der Waals surface area contributed by atoms with Crippen LogP contribution in [0.1, 0.15) is 36.3 Å². The quantitative estimate of drug-likeness (QED) is 0.710. The van der Waals surface area contributed by atoms with Crippen molar-refractivity contribution in [1.29, 1.82) is 0 Å². The second-order valence-corrected chi connectivity index (χ2v) is 6.76. The molecule has 2 aliphatic rings. The Morgan fingerprint density at radius 2 is 1.70 bits per heavy atom. The molecule has 1 aliphatic heterocycles. The van der Waals surface area contributed by atoms with Gasteiger partial charge in [0.05, 0.1) is 5.41 Å². The number of allylic oxidation sites excluding steroid dienone is 1. The third kappa shape index (κ3) is 2.38. The molecule has 1 fully saturated rings. The van der Waals surface area contributed by atoms with Crippen LogP contribution in [0.3, 0.4) is 0 Å². The summed E-state index contributed by atoms with van der Waals surface area (Å²) in [5.41, 5.74) is 1.67.